The third kappa shape index (κ3) is 15.5. The molecule has 0 radical (unpaired) electrons. The number of allylic oxidation sites excluding steroid dienone is 2. The van der Waals surface area contributed by atoms with Gasteiger partial charge in [0.2, 0.25) is 0 Å². The molecule has 1 atom stereocenters. The second-order valence-electron chi connectivity index (χ2n) is 5.53. The van der Waals surface area contributed by atoms with Crippen molar-refractivity contribution in [3.05, 3.63) is 36.8 Å². The van der Waals surface area contributed by atoms with Gasteiger partial charge in [0.15, 0.2) is 13.6 Å². The van der Waals surface area contributed by atoms with Gasteiger partial charge in [0.25, 0.3) is 0 Å². The Bertz CT molecular complexity index is 517. The number of hydrogen-bond donors (Lipinski definition) is 1. The van der Waals surface area contributed by atoms with Crippen molar-refractivity contribution in [2.45, 2.75) is 26.9 Å². The highest BCUT2D eigenvalue weighted by Crippen LogP contribution is 2.00. The molecule has 0 bridgehead atoms. The van der Waals surface area contributed by atoms with E-state index < -0.39 is 18.2 Å². The summed E-state index contributed by atoms with van der Waals surface area (Å²) in [4.78, 5) is 22.8. The van der Waals surface area contributed by atoms with E-state index in [4.69, 9.17) is 28.4 Å². The van der Waals surface area contributed by atoms with Gasteiger partial charge in [-0.1, -0.05) is 19.7 Å². The Balaban J connectivity index is 4.12. The fraction of sp³-hybridized carbons (Fsp3) is 0.556. The van der Waals surface area contributed by atoms with Crippen molar-refractivity contribution in [1.29, 1.82) is 0 Å². The van der Waals surface area contributed by atoms with Gasteiger partial charge >= 0.3 is 12.1 Å². The van der Waals surface area contributed by atoms with Crippen molar-refractivity contribution >= 4 is 12.1 Å². The molecule has 0 aliphatic carbocycles. The van der Waals surface area contributed by atoms with E-state index in [0.717, 1.165) is 0 Å². The van der Waals surface area contributed by atoms with Gasteiger partial charge in [0.1, 0.15) is 19.3 Å². The number of nitrogens with one attached hydrogen (secondary N) is 1. The van der Waals surface area contributed by atoms with Crippen LogP contribution in [0, 0.1) is 0 Å². The number of ether oxygens (including phenoxy) is 6. The van der Waals surface area contributed by atoms with Crippen LogP contribution in [0.1, 0.15) is 20.8 Å². The Kier molecular flexibility index (Phi) is 13.3. The maximum atomic E-state index is 11.7. The van der Waals surface area contributed by atoms with Crippen LogP contribution < -0.4 is 5.32 Å². The number of hydrogen-bond acceptors (Lipinski definition) is 8. The molecule has 27 heavy (non-hydrogen) atoms. The van der Waals surface area contributed by atoms with Crippen LogP contribution >= 0.6 is 0 Å². The number of amides is 1. The quantitative estimate of drug-likeness (QED) is 0.150. The highest BCUT2D eigenvalue weighted by atomic mass is 16.7. The van der Waals surface area contributed by atoms with Crippen molar-refractivity contribution < 1.29 is 38.0 Å². The number of carbonyl (C=O) groups excluding carboxylic acids is 2. The van der Waals surface area contributed by atoms with E-state index in [0.29, 0.717) is 11.5 Å². The number of alkyl carbamates (subject to hydrolysis) is 1. The first kappa shape index (κ1) is 24.5. The Morgan fingerprint density at radius 3 is 2.11 bits per heavy atom. The van der Waals surface area contributed by atoms with Gasteiger partial charge in [0.05, 0.1) is 24.7 Å². The van der Waals surface area contributed by atoms with Crippen LogP contribution in [-0.4, -0.2) is 58.1 Å². The monoisotopic (exact) mass is 387 g/mol. The number of rotatable bonds is 15. The fourth-order valence-corrected chi connectivity index (χ4v) is 1.34. The predicted molar refractivity (Wildman–Crippen MR) is 97.5 cm³/mol. The molecule has 9 nitrogen and oxygen atoms in total. The third-order valence-corrected chi connectivity index (χ3v) is 2.65. The Morgan fingerprint density at radius 1 is 0.889 bits per heavy atom. The average molecular weight is 387 g/mol. The van der Waals surface area contributed by atoms with Crippen LogP contribution in [0.5, 0.6) is 0 Å². The molecule has 0 aliphatic heterocycles. The van der Waals surface area contributed by atoms with E-state index in [1.54, 1.807) is 13.8 Å². The molecule has 1 amide bonds. The van der Waals surface area contributed by atoms with E-state index in [1.807, 2.05) is 0 Å². The van der Waals surface area contributed by atoms with Crippen LogP contribution in [0.4, 0.5) is 4.79 Å². The summed E-state index contributed by atoms with van der Waals surface area (Å²) in [5.74, 6) is 0.481. The molecule has 1 N–H and O–H groups in total. The lowest BCUT2D eigenvalue weighted by atomic mass is 10.4. The van der Waals surface area contributed by atoms with Crippen LogP contribution in [0.2, 0.25) is 0 Å². The van der Waals surface area contributed by atoms with Gasteiger partial charge < -0.3 is 33.7 Å². The van der Waals surface area contributed by atoms with E-state index in [9.17, 15) is 9.59 Å². The van der Waals surface area contributed by atoms with Crippen molar-refractivity contribution in [2.75, 3.05) is 40.0 Å². The molecule has 0 aromatic heterocycles. The van der Waals surface area contributed by atoms with Crippen LogP contribution in [0.25, 0.3) is 0 Å². The standard InChI is InChI=1S/C18H29NO8/c1-13(2)17(20)23-8-7-19-18(21)24-10-16(27-12-26-15(5)6)9-22-11-25-14(3)4/h16H,1,3,5,7-12H2,2,4,6H3,(H,19,21). The van der Waals surface area contributed by atoms with E-state index >= 15 is 0 Å². The molecule has 0 spiro atoms. The zero-order chi connectivity index (χ0) is 20.7. The van der Waals surface area contributed by atoms with Gasteiger partial charge in [-0.05, 0) is 20.8 Å². The number of carbonyl (C=O) groups is 2. The Hall–Kier alpha value is -2.52. The SMILES string of the molecule is C=C(C)OCOCC(COC(=O)NCCOC(=O)C(=C)C)OCOC(=C)C. The minimum absolute atomic E-state index is 0.00315. The summed E-state index contributed by atoms with van der Waals surface area (Å²) in [6.07, 6.45) is -1.26. The molecule has 0 aliphatic rings. The summed E-state index contributed by atoms with van der Waals surface area (Å²) in [6.45, 7) is 15.6. The minimum Gasteiger partial charge on any atom is -0.473 e. The van der Waals surface area contributed by atoms with Gasteiger partial charge in [-0.15, -0.1) is 0 Å². The van der Waals surface area contributed by atoms with Crippen LogP contribution in [0.15, 0.2) is 36.8 Å². The first-order valence-electron chi connectivity index (χ1n) is 8.21. The van der Waals surface area contributed by atoms with Gasteiger partial charge in [0, 0.05) is 5.57 Å². The zero-order valence-electron chi connectivity index (χ0n) is 16.2. The fourth-order valence-electron chi connectivity index (χ4n) is 1.34. The smallest absolute Gasteiger partial charge is 0.407 e. The molecule has 0 saturated heterocycles. The lowest BCUT2D eigenvalue weighted by molar-refractivity contribution is -0.138. The molecule has 0 rings (SSSR count). The van der Waals surface area contributed by atoms with E-state index in [1.165, 1.54) is 6.92 Å². The lowest BCUT2D eigenvalue weighted by Gasteiger charge is -2.18. The summed E-state index contributed by atoms with van der Waals surface area (Å²) in [5.41, 5.74) is 0.283. The highest BCUT2D eigenvalue weighted by Gasteiger charge is 2.14. The first-order valence-corrected chi connectivity index (χ1v) is 8.21. The normalized spacial score (nSPS) is 11.1. The molecular formula is C18H29NO8. The summed E-state index contributed by atoms with van der Waals surface area (Å²) in [6, 6.07) is 0. The molecule has 0 fully saturated rings. The molecule has 0 saturated carbocycles. The Morgan fingerprint density at radius 2 is 1.52 bits per heavy atom. The zero-order valence-corrected chi connectivity index (χ0v) is 16.2. The van der Waals surface area contributed by atoms with Crippen molar-refractivity contribution in [3.63, 3.8) is 0 Å². The molecule has 1 unspecified atom stereocenters. The highest BCUT2D eigenvalue weighted by molar-refractivity contribution is 5.86. The number of esters is 1. The summed E-state index contributed by atoms with van der Waals surface area (Å²) < 4.78 is 30.8. The molecule has 0 heterocycles. The van der Waals surface area contributed by atoms with E-state index in [2.05, 4.69) is 25.1 Å². The predicted octanol–water partition coefficient (Wildman–Crippen LogP) is 2.25. The van der Waals surface area contributed by atoms with Crippen LogP contribution in [-0.2, 0) is 33.2 Å². The second kappa shape index (κ2) is 14.6. The summed E-state index contributed by atoms with van der Waals surface area (Å²) in [5, 5.41) is 2.44. The Labute approximate surface area is 159 Å². The van der Waals surface area contributed by atoms with Gasteiger partial charge in [-0.25, -0.2) is 9.59 Å². The van der Waals surface area contributed by atoms with E-state index in [-0.39, 0.29) is 45.5 Å². The molecule has 0 aromatic carbocycles. The molecular weight excluding hydrogens is 358 g/mol. The lowest BCUT2D eigenvalue weighted by Crippen LogP contribution is -2.33. The van der Waals surface area contributed by atoms with Crippen molar-refractivity contribution in [3.8, 4) is 0 Å². The minimum atomic E-state index is -0.686. The van der Waals surface area contributed by atoms with Gasteiger partial charge in [-0.3, -0.25) is 0 Å². The second-order valence-corrected chi connectivity index (χ2v) is 5.53. The molecule has 9 heteroatoms. The first-order chi connectivity index (χ1) is 12.7. The van der Waals surface area contributed by atoms with Crippen LogP contribution in [0.3, 0.4) is 0 Å². The van der Waals surface area contributed by atoms with Crippen molar-refractivity contribution in [1.82, 2.24) is 5.32 Å². The topological polar surface area (TPSA) is 102 Å². The maximum Gasteiger partial charge on any atom is 0.407 e. The molecule has 0 aromatic rings. The largest absolute Gasteiger partial charge is 0.473 e. The average Bonchev–Trinajstić information content (AvgIpc) is 2.58. The summed E-state index contributed by atoms with van der Waals surface area (Å²) in [7, 11) is 0. The third-order valence-electron chi connectivity index (χ3n) is 2.65. The summed E-state index contributed by atoms with van der Waals surface area (Å²) >= 11 is 0. The molecule has 154 valence electrons. The maximum absolute atomic E-state index is 11.7. The van der Waals surface area contributed by atoms with Gasteiger partial charge in [-0.2, -0.15) is 0 Å². The van der Waals surface area contributed by atoms with Crippen molar-refractivity contribution in [2.24, 2.45) is 0 Å².